The summed E-state index contributed by atoms with van der Waals surface area (Å²) in [6.45, 7) is 2.01. The summed E-state index contributed by atoms with van der Waals surface area (Å²) in [5, 5.41) is 6.66. The standard InChI is InChI=1S/C15H33N6O2/c16-8-3-1-6-12(18)14(22)20-10-5-11-21-15(23)13(19)7-2-4-9-17/h12-13H,1-11,16-19H2,(H,20,22). The van der Waals surface area contributed by atoms with Crippen molar-refractivity contribution in [3.05, 3.63) is 0 Å². The number of carbonyl (C=O) groups is 2. The Morgan fingerprint density at radius 1 is 0.870 bits per heavy atom. The molecular weight excluding hydrogens is 296 g/mol. The number of carbonyl (C=O) groups excluding carboxylic acids is 2. The molecule has 8 heteroatoms. The molecule has 135 valence electrons. The number of hydrogen-bond acceptors (Lipinski definition) is 6. The highest BCUT2D eigenvalue weighted by Crippen LogP contribution is 1.99. The van der Waals surface area contributed by atoms with Gasteiger partial charge in [-0.15, -0.1) is 0 Å². The molecule has 0 spiro atoms. The Kier molecular flexibility index (Phi) is 13.6. The van der Waals surface area contributed by atoms with Crippen LogP contribution >= 0.6 is 0 Å². The van der Waals surface area contributed by atoms with Crippen molar-refractivity contribution in [3.63, 3.8) is 0 Å². The second kappa shape index (κ2) is 14.4. The van der Waals surface area contributed by atoms with E-state index in [1.54, 1.807) is 0 Å². The lowest BCUT2D eigenvalue weighted by Crippen LogP contribution is -2.41. The maximum Gasteiger partial charge on any atom is 0.258 e. The number of nitrogens with one attached hydrogen (secondary N) is 1. The van der Waals surface area contributed by atoms with Crippen LogP contribution in [0.5, 0.6) is 0 Å². The van der Waals surface area contributed by atoms with Crippen LogP contribution < -0.4 is 33.6 Å². The van der Waals surface area contributed by atoms with Crippen molar-refractivity contribution in [2.24, 2.45) is 22.9 Å². The number of unbranched alkanes of at least 4 members (excludes halogenated alkanes) is 2. The van der Waals surface area contributed by atoms with Gasteiger partial charge in [0.25, 0.3) is 5.91 Å². The highest BCUT2D eigenvalue weighted by atomic mass is 16.2. The summed E-state index contributed by atoms with van der Waals surface area (Å²) in [7, 11) is 0. The zero-order chi connectivity index (χ0) is 17.5. The second-order valence-electron chi connectivity index (χ2n) is 5.65. The van der Waals surface area contributed by atoms with Crippen LogP contribution in [0.3, 0.4) is 0 Å². The fraction of sp³-hybridized carbons (Fsp3) is 0.867. The largest absolute Gasteiger partial charge is 0.355 e. The Morgan fingerprint density at radius 3 is 2.00 bits per heavy atom. The first kappa shape index (κ1) is 21.8. The third kappa shape index (κ3) is 11.9. The highest BCUT2D eigenvalue weighted by molar-refractivity contribution is 5.81. The third-order valence-electron chi connectivity index (χ3n) is 3.49. The molecule has 0 heterocycles. The molecule has 1 radical (unpaired) electrons. The maximum atomic E-state index is 11.7. The van der Waals surface area contributed by atoms with E-state index >= 15 is 0 Å². The number of amides is 2. The Labute approximate surface area is 139 Å². The second-order valence-corrected chi connectivity index (χ2v) is 5.65. The molecule has 0 aromatic rings. The normalized spacial score (nSPS) is 13.4. The number of rotatable bonds is 14. The van der Waals surface area contributed by atoms with Gasteiger partial charge in [-0.2, -0.15) is 0 Å². The van der Waals surface area contributed by atoms with Gasteiger partial charge in [-0.05, 0) is 45.2 Å². The van der Waals surface area contributed by atoms with E-state index in [1.165, 1.54) is 0 Å². The van der Waals surface area contributed by atoms with Gasteiger partial charge >= 0.3 is 0 Å². The Morgan fingerprint density at radius 2 is 1.43 bits per heavy atom. The van der Waals surface area contributed by atoms with Crippen molar-refractivity contribution in [3.8, 4) is 0 Å². The molecule has 0 rings (SSSR count). The van der Waals surface area contributed by atoms with Crippen LogP contribution in [-0.2, 0) is 9.59 Å². The van der Waals surface area contributed by atoms with Crippen LogP contribution in [-0.4, -0.2) is 50.1 Å². The van der Waals surface area contributed by atoms with Gasteiger partial charge in [-0.25, -0.2) is 0 Å². The first-order chi connectivity index (χ1) is 11.0. The van der Waals surface area contributed by atoms with Crippen LogP contribution in [0.2, 0.25) is 0 Å². The van der Waals surface area contributed by atoms with Crippen LogP contribution in [0, 0.1) is 0 Å². The lowest BCUT2D eigenvalue weighted by atomic mass is 10.1. The molecule has 2 unspecified atom stereocenters. The topological polar surface area (TPSA) is 164 Å². The van der Waals surface area contributed by atoms with E-state index in [4.69, 9.17) is 22.9 Å². The van der Waals surface area contributed by atoms with Crippen LogP contribution in [0.15, 0.2) is 0 Å². The molecular formula is C15H33N6O2. The molecule has 2 atom stereocenters. The number of nitrogens with zero attached hydrogens (tertiary/aromatic N) is 1. The lowest BCUT2D eigenvalue weighted by Gasteiger charge is -2.12. The van der Waals surface area contributed by atoms with Gasteiger partial charge in [0, 0.05) is 13.1 Å². The fourth-order valence-electron chi connectivity index (χ4n) is 2.00. The van der Waals surface area contributed by atoms with Crippen LogP contribution in [0.25, 0.3) is 0 Å². The molecule has 0 fully saturated rings. The third-order valence-corrected chi connectivity index (χ3v) is 3.49. The summed E-state index contributed by atoms with van der Waals surface area (Å²) in [4.78, 5) is 23.3. The van der Waals surface area contributed by atoms with E-state index in [1.807, 2.05) is 0 Å². The zero-order valence-corrected chi connectivity index (χ0v) is 14.0. The SMILES string of the molecule is NCCCCC(N)C(=O)[N]CCCNC(=O)C(N)CCCCN. The molecule has 0 bridgehead atoms. The molecule has 0 saturated carbocycles. The smallest absolute Gasteiger partial charge is 0.258 e. The van der Waals surface area contributed by atoms with Gasteiger partial charge in [0.05, 0.1) is 12.1 Å². The number of hydrogen-bond donors (Lipinski definition) is 5. The summed E-state index contributed by atoms with van der Waals surface area (Å²) < 4.78 is 0. The van der Waals surface area contributed by atoms with Gasteiger partial charge in [-0.1, -0.05) is 12.8 Å². The molecule has 0 aliphatic carbocycles. The quantitative estimate of drug-likeness (QED) is 0.244. The van der Waals surface area contributed by atoms with E-state index in [0.717, 1.165) is 25.7 Å². The molecule has 0 aromatic heterocycles. The van der Waals surface area contributed by atoms with Crippen molar-refractivity contribution in [1.29, 1.82) is 0 Å². The summed E-state index contributed by atoms with van der Waals surface area (Å²) in [5.41, 5.74) is 22.3. The molecule has 9 N–H and O–H groups in total. The minimum atomic E-state index is -0.549. The highest BCUT2D eigenvalue weighted by Gasteiger charge is 2.14. The Bertz CT molecular complexity index is 297. The Hall–Kier alpha value is -1.22. The average molecular weight is 329 g/mol. The molecule has 8 nitrogen and oxygen atoms in total. The maximum absolute atomic E-state index is 11.7. The minimum Gasteiger partial charge on any atom is -0.355 e. The van der Waals surface area contributed by atoms with E-state index in [0.29, 0.717) is 45.4 Å². The van der Waals surface area contributed by atoms with E-state index in [-0.39, 0.29) is 11.8 Å². The van der Waals surface area contributed by atoms with Gasteiger partial charge in [0.2, 0.25) is 5.91 Å². The first-order valence-electron chi connectivity index (χ1n) is 8.43. The lowest BCUT2D eigenvalue weighted by molar-refractivity contribution is -0.123. The minimum absolute atomic E-state index is 0.174. The number of nitrogens with two attached hydrogens (primary N) is 4. The van der Waals surface area contributed by atoms with E-state index in [9.17, 15) is 9.59 Å². The van der Waals surface area contributed by atoms with Gasteiger partial charge < -0.3 is 28.3 Å². The van der Waals surface area contributed by atoms with Gasteiger partial charge in [0.15, 0.2) is 0 Å². The summed E-state index contributed by atoms with van der Waals surface area (Å²) in [6, 6.07) is -1.05. The zero-order valence-electron chi connectivity index (χ0n) is 14.0. The summed E-state index contributed by atoms with van der Waals surface area (Å²) >= 11 is 0. The molecule has 0 saturated heterocycles. The predicted molar refractivity (Wildman–Crippen MR) is 91.4 cm³/mol. The van der Waals surface area contributed by atoms with Crippen molar-refractivity contribution in [2.45, 2.75) is 57.0 Å². The van der Waals surface area contributed by atoms with E-state index in [2.05, 4.69) is 10.6 Å². The predicted octanol–water partition coefficient (Wildman–Crippen LogP) is -1.46. The van der Waals surface area contributed by atoms with Crippen molar-refractivity contribution in [1.82, 2.24) is 10.6 Å². The van der Waals surface area contributed by atoms with Crippen LogP contribution in [0.1, 0.15) is 44.9 Å². The monoisotopic (exact) mass is 329 g/mol. The molecule has 0 aliphatic rings. The first-order valence-corrected chi connectivity index (χ1v) is 8.43. The molecule has 0 aliphatic heterocycles. The van der Waals surface area contributed by atoms with E-state index < -0.39 is 12.1 Å². The molecule has 2 amide bonds. The van der Waals surface area contributed by atoms with Crippen molar-refractivity contribution in [2.75, 3.05) is 26.2 Å². The van der Waals surface area contributed by atoms with Crippen LogP contribution in [0.4, 0.5) is 0 Å². The average Bonchev–Trinajstić information content (AvgIpc) is 2.54. The summed E-state index contributed by atoms with van der Waals surface area (Å²) in [6.07, 6.45) is 5.22. The summed E-state index contributed by atoms with van der Waals surface area (Å²) in [5.74, 6) is -0.460. The fourth-order valence-corrected chi connectivity index (χ4v) is 2.00. The molecule has 23 heavy (non-hydrogen) atoms. The van der Waals surface area contributed by atoms with Crippen molar-refractivity contribution >= 4 is 11.8 Å². The van der Waals surface area contributed by atoms with Gasteiger partial charge in [-0.3, -0.25) is 14.9 Å². The van der Waals surface area contributed by atoms with Crippen molar-refractivity contribution < 1.29 is 9.59 Å². The van der Waals surface area contributed by atoms with Gasteiger partial charge in [0.1, 0.15) is 0 Å². The molecule has 0 aromatic carbocycles. The Balaban J connectivity index is 3.63.